The minimum Gasteiger partial charge on any atom is -0.506 e. The highest BCUT2D eigenvalue weighted by Crippen LogP contribution is 2.28. The van der Waals surface area contributed by atoms with E-state index in [0.717, 1.165) is 6.26 Å². The van der Waals surface area contributed by atoms with E-state index in [1.54, 1.807) is 37.3 Å². The fraction of sp³-hybridized carbons (Fsp3) is 0.200. The lowest BCUT2D eigenvalue weighted by molar-refractivity contribution is 0.0520. The van der Waals surface area contributed by atoms with Crippen LogP contribution in [0.15, 0.2) is 58.4 Å². The van der Waals surface area contributed by atoms with Gasteiger partial charge in [0, 0.05) is 24.4 Å². The normalized spacial score (nSPS) is 11.5. The van der Waals surface area contributed by atoms with Crippen molar-refractivity contribution in [2.24, 2.45) is 0 Å². The molecule has 1 N–H and O–H groups in total. The van der Waals surface area contributed by atoms with Gasteiger partial charge in [0.05, 0.1) is 17.0 Å². The van der Waals surface area contributed by atoms with Crippen LogP contribution in [0.4, 0.5) is 0 Å². The van der Waals surface area contributed by atoms with Crippen molar-refractivity contribution < 1.29 is 23.1 Å². The first-order chi connectivity index (χ1) is 13.2. The van der Waals surface area contributed by atoms with Crippen LogP contribution < -0.4 is 5.56 Å². The Morgan fingerprint density at radius 1 is 1.14 bits per heavy atom. The number of hydrogen-bond donors (Lipinski definition) is 1. The van der Waals surface area contributed by atoms with Gasteiger partial charge in [-0.1, -0.05) is 18.2 Å². The molecule has 0 saturated carbocycles. The van der Waals surface area contributed by atoms with Crippen LogP contribution in [0.25, 0.3) is 5.52 Å². The second kappa shape index (κ2) is 7.47. The molecule has 2 aromatic heterocycles. The van der Waals surface area contributed by atoms with E-state index in [1.165, 1.54) is 22.7 Å². The number of benzene rings is 1. The van der Waals surface area contributed by atoms with E-state index in [-0.39, 0.29) is 17.9 Å². The third-order valence-electron chi connectivity index (χ3n) is 4.34. The highest BCUT2D eigenvalue weighted by Gasteiger charge is 2.24. The lowest BCUT2D eigenvalue weighted by Crippen LogP contribution is -2.25. The van der Waals surface area contributed by atoms with Crippen molar-refractivity contribution in [2.45, 2.75) is 18.2 Å². The van der Waals surface area contributed by atoms with Crippen molar-refractivity contribution in [3.05, 3.63) is 75.7 Å². The van der Waals surface area contributed by atoms with Crippen molar-refractivity contribution in [3.63, 3.8) is 0 Å². The van der Waals surface area contributed by atoms with Gasteiger partial charge in [-0.05, 0) is 36.8 Å². The minimum absolute atomic E-state index is 0.0670. The number of nitrogens with zero attached hydrogens (tertiary/aromatic N) is 1. The van der Waals surface area contributed by atoms with Crippen LogP contribution in [0, 0.1) is 0 Å². The monoisotopic (exact) mass is 401 g/mol. The van der Waals surface area contributed by atoms with Gasteiger partial charge in [0.1, 0.15) is 5.75 Å². The molecule has 7 nitrogen and oxygen atoms in total. The first-order valence-corrected chi connectivity index (χ1v) is 10.4. The molecule has 0 bridgehead atoms. The smallest absolute Gasteiger partial charge is 0.347 e. The molecule has 0 aliphatic heterocycles. The summed E-state index contributed by atoms with van der Waals surface area (Å²) in [6.45, 7) is 1.68. The Labute approximate surface area is 161 Å². The summed E-state index contributed by atoms with van der Waals surface area (Å²) >= 11 is 0. The summed E-state index contributed by atoms with van der Waals surface area (Å²) in [7, 11) is -3.32. The molecular formula is C20H19NO6S. The van der Waals surface area contributed by atoms with Gasteiger partial charge in [-0.3, -0.25) is 9.20 Å². The number of esters is 1. The summed E-state index contributed by atoms with van der Waals surface area (Å²) in [6.07, 6.45) is 2.82. The first kappa shape index (κ1) is 19.6. The molecule has 0 aliphatic rings. The molecule has 3 aromatic rings. The van der Waals surface area contributed by atoms with Crippen molar-refractivity contribution in [1.82, 2.24) is 4.40 Å². The molecule has 28 heavy (non-hydrogen) atoms. The molecule has 0 amide bonds. The van der Waals surface area contributed by atoms with Crippen LogP contribution in [0.5, 0.6) is 5.75 Å². The maximum absolute atomic E-state index is 12.7. The first-order valence-electron chi connectivity index (χ1n) is 8.55. The average Bonchev–Trinajstić information content (AvgIpc) is 2.65. The molecule has 1 aromatic carbocycles. The van der Waals surface area contributed by atoms with Gasteiger partial charge in [0.15, 0.2) is 15.4 Å². The topological polar surface area (TPSA) is 102 Å². The Morgan fingerprint density at radius 3 is 2.43 bits per heavy atom. The Kier molecular flexibility index (Phi) is 5.24. The van der Waals surface area contributed by atoms with E-state index >= 15 is 0 Å². The second-order valence-electron chi connectivity index (χ2n) is 6.28. The van der Waals surface area contributed by atoms with Crippen LogP contribution in [0.2, 0.25) is 0 Å². The zero-order valence-corrected chi connectivity index (χ0v) is 16.2. The van der Waals surface area contributed by atoms with Crippen LogP contribution in [-0.2, 0) is 21.0 Å². The summed E-state index contributed by atoms with van der Waals surface area (Å²) < 4.78 is 29.4. The quantitative estimate of drug-likeness (QED) is 0.658. The molecule has 146 valence electrons. The zero-order chi connectivity index (χ0) is 20.5. The molecule has 3 rings (SSSR count). The Bertz CT molecular complexity index is 1210. The summed E-state index contributed by atoms with van der Waals surface area (Å²) in [5, 5.41) is 10.7. The van der Waals surface area contributed by atoms with Gasteiger partial charge in [-0.2, -0.15) is 0 Å². The molecule has 0 unspecified atom stereocenters. The fourth-order valence-corrected chi connectivity index (χ4v) is 3.61. The molecule has 8 heteroatoms. The predicted molar refractivity (Wildman–Crippen MR) is 104 cm³/mol. The maximum atomic E-state index is 12.7. The van der Waals surface area contributed by atoms with Crippen molar-refractivity contribution in [1.29, 1.82) is 0 Å². The van der Waals surface area contributed by atoms with Gasteiger partial charge >= 0.3 is 5.97 Å². The second-order valence-corrected chi connectivity index (χ2v) is 8.29. The van der Waals surface area contributed by atoms with Gasteiger partial charge in [0.2, 0.25) is 0 Å². The maximum Gasteiger partial charge on any atom is 0.347 e. The van der Waals surface area contributed by atoms with Crippen molar-refractivity contribution in [3.8, 4) is 5.75 Å². The summed E-state index contributed by atoms with van der Waals surface area (Å²) in [6, 6.07) is 11.2. The highest BCUT2D eigenvalue weighted by atomic mass is 32.2. The van der Waals surface area contributed by atoms with Crippen LogP contribution in [0.3, 0.4) is 0 Å². The van der Waals surface area contributed by atoms with Gasteiger partial charge in [-0.15, -0.1) is 0 Å². The number of carbonyl (C=O) groups is 1. The number of rotatable bonds is 5. The Hall–Kier alpha value is -3.13. The molecular weight excluding hydrogens is 382 g/mol. The standard InChI is InChI=1S/C20H19NO6S/c1-3-27-20(24)17-18(22)15(16-6-4-5-11-21(16)19(17)23)12-13-7-9-14(10-8-13)28(2,25)26/h4-11,22H,3,12H2,1-2H3. The number of aromatic nitrogens is 1. The number of aromatic hydroxyl groups is 1. The van der Waals surface area contributed by atoms with E-state index < -0.39 is 32.7 Å². The third-order valence-corrected chi connectivity index (χ3v) is 5.46. The fourth-order valence-electron chi connectivity index (χ4n) is 2.98. The molecule has 0 aliphatic carbocycles. The Morgan fingerprint density at radius 2 is 1.82 bits per heavy atom. The van der Waals surface area contributed by atoms with Gasteiger partial charge in [-0.25, -0.2) is 13.2 Å². The summed E-state index contributed by atoms with van der Waals surface area (Å²) in [5.41, 5.74) is 0.443. The average molecular weight is 401 g/mol. The number of ether oxygens (including phenoxy) is 1. The lowest BCUT2D eigenvalue weighted by Gasteiger charge is -2.14. The third kappa shape index (κ3) is 3.63. The molecule has 0 atom stereocenters. The molecule has 0 spiro atoms. The van der Waals surface area contributed by atoms with Gasteiger partial charge < -0.3 is 9.84 Å². The number of hydrogen-bond acceptors (Lipinski definition) is 6. The van der Waals surface area contributed by atoms with Gasteiger partial charge in [0.25, 0.3) is 5.56 Å². The van der Waals surface area contributed by atoms with Crippen LogP contribution in [-0.4, -0.2) is 36.8 Å². The van der Waals surface area contributed by atoms with Crippen LogP contribution in [0.1, 0.15) is 28.4 Å². The van der Waals surface area contributed by atoms with Crippen molar-refractivity contribution >= 4 is 21.3 Å². The highest BCUT2D eigenvalue weighted by molar-refractivity contribution is 7.90. The molecule has 0 radical (unpaired) electrons. The summed E-state index contributed by atoms with van der Waals surface area (Å²) in [5.74, 6) is -1.32. The number of sulfone groups is 1. The van der Waals surface area contributed by atoms with E-state index in [0.29, 0.717) is 16.6 Å². The number of pyridine rings is 2. The van der Waals surface area contributed by atoms with E-state index in [9.17, 15) is 23.1 Å². The minimum atomic E-state index is -3.32. The van der Waals surface area contributed by atoms with Crippen molar-refractivity contribution in [2.75, 3.05) is 12.9 Å². The van der Waals surface area contributed by atoms with E-state index in [4.69, 9.17) is 4.74 Å². The largest absolute Gasteiger partial charge is 0.506 e. The van der Waals surface area contributed by atoms with Crippen LogP contribution >= 0.6 is 0 Å². The van der Waals surface area contributed by atoms with E-state index in [1.807, 2.05) is 0 Å². The lowest BCUT2D eigenvalue weighted by atomic mass is 10.0. The summed E-state index contributed by atoms with van der Waals surface area (Å²) in [4.78, 5) is 25.1. The predicted octanol–water partition coefficient (Wildman–Crippen LogP) is 2.18. The number of carbonyl (C=O) groups excluding carboxylic acids is 1. The molecule has 0 saturated heterocycles. The SMILES string of the molecule is CCOC(=O)c1c(O)c(Cc2ccc(S(C)(=O)=O)cc2)c2ccccn2c1=O. The molecule has 2 heterocycles. The molecule has 0 fully saturated rings. The Balaban J connectivity index is 2.17. The van der Waals surface area contributed by atoms with E-state index in [2.05, 4.69) is 0 Å². The number of fused-ring (bicyclic) bond motifs is 1. The zero-order valence-electron chi connectivity index (χ0n) is 15.4.